The molecule has 0 aliphatic carbocycles. The van der Waals surface area contributed by atoms with Crippen LogP contribution in [-0.2, 0) is 4.79 Å². The van der Waals surface area contributed by atoms with Gasteiger partial charge in [0.25, 0.3) is 0 Å². The lowest BCUT2D eigenvalue weighted by Gasteiger charge is -2.12. The third-order valence-corrected chi connectivity index (χ3v) is 5.62. The van der Waals surface area contributed by atoms with Gasteiger partial charge < -0.3 is 4.74 Å². The van der Waals surface area contributed by atoms with E-state index in [1.807, 2.05) is 12.1 Å². The van der Waals surface area contributed by atoms with E-state index < -0.39 is 0 Å². The van der Waals surface area contributed by atoms with Crippen molar-refractivity contribution in [2.24, 2.45) is 0 Å². The number of carbonyl (C=O) groups is 1. The second kappa shape index (κ2) is 6.68. The third-order valence-electron chi connectivity index (χ3n) is 2.36. The first-order chi connectivity index (χ1) is 8.65. The van der Waals surface area contributed by atoms with Gasteiger partial charge >= 0.3 is 5.97 Å². The molecule has 1 aromatic rings. The zero-order valence-electron chi connectivity index (χ0n) is 9.73. The molecule has 18 heavy (non-hydrogen) atoms. The maximum Gasteiger partial charge on any atom is 0.325 e. The molecular formula is C13H13BrO2S2. The fourth-order valence-electron chi connectivity index (χ4n) is 1.44. The number of halogens is 1. The van der Waals surface area contributed by atoms with Crippen LogP contribution in [0.25, 0.3) is 0 Å². The van der Waals surface area contributed by atoms with Gasteiger partial charge in [-0.25, -0.2) is 0 Å². The highest BCUT2D eigenvalue weighted by atomic mass is 79.9. The molecule has 0 aromatic heterocycles. The molecule has 0 radical (unpaired) electrons. The highest BCUT2D eigenvalue weighted by Gasteiger charge is 2.23. The van der Waals surface area contributed by atoms with E-state index in [1.165, 1.54) is 5.57 Å². The van der Waals surface area contributed by atoms with Crippen molar-refractivity contribution in [1.29, 1.82) is 0 Å². The highest BCUT2D eigenvalue weighted by molar-refractivity contribution is 9.10. The van der Waals surface area contributed by atoms with Crippen LogP contribution < -0.4 is 4.74 Å². The summed E-state index contributed by atoms with van der Waals surface area (Å²) in [4.78, 5) is 12.0. The molecule has 0 bridgehead atoms. The number of carbonyl (C=O) groups excluding carboxylic acids is 1. The van der Waals surface area contributed by atoms with Crippen LogP contribution in [-0.4, -0.2) is 28.5 Å². The third kappa shape index (κ3) is 4.07. The molecule has 1 aliphatic rings. The number of benzene rings is 1. The number of thioether (sulfide) groups is 2. The van der Waals surface area contributed by atoms with E-state index >= 15 is 0 Å². The van der Waals surface area contributed by atoms with Crippen LogP contribution in [0, 0.1) is 0 Å². The lowest BCUT2D eigenvalue weighted by atomic mass is 10.3. The molecule has 1 unspecified atom stereocenters. The molecule has 1 fully saturated rings. The second-order valence-corrected chi connectivity index (χ2v) is 7.08. The molecule has 1 saturated heterocycles. The van der Waals surface area contributed by atoms with Crippen LogP contribution in [0.2, 0.25) is 0 Å². The van der Waals surface area contributed by atoms with Crippen LogP contribution in [0.3, 0.4) is 0 Å². The maximum absolute atomic E-state index is 12.0. The van der Waals surface area contributed by atoms with Crippen LogP contribution in [0.15, 0.2) is 40.9 Å². The average molecular weight is 345 g/mol. The standard InChI is InChI=1S/C13H13BrO2S2/c1-9-6-17-8-12(18-7-9)13(15)16-11-4-2-10(14)3-5-11/h2-5,12H,1,6-8H2. The van der Waals surface area contributed by atoms with Gasteiger partial charge in [-0.1, -0.05) is 28.1 Å². The van der Waals surface area contributed by atoms with Crippen molar-refractivity contribution in [2.45, 2.75) is 5.25 Å². The largest absolute Gasteiger partial charge is 0.426 e. The van der Waals surface area contributed by atoms with E-state index in [-0.39, 0.29) is 11.2 Å². The normalized spacial score (nSPS) is 20.3. The van der Waals surface area contributed by atoms with Crippen molar-refractivity contribution in [1.82, 2.24) is 0 Å². The van der Waals surface area contributed by atoms with Crippen LogP contribution in [0.5, 0.6) is 5.75 Å². The monoisotopic (exact) mass is 344 g/mol. The predicted octanol–water partition coefficient (Wildman–Crippen LogP) is 3.76. The van der Waals surface area contributed by atoms with Crippen molar-refractivity contribution in [3.63, 3.8) is 0 Å². The van der Waals surface area contributed by atoms with E-state index in [9.17, 15) is 4.79 Å². The van der Waals surface area contributed by atoms with E-state index in [1.54, 1.807) is 35.7 Å². The maximum atomic E-state index is 12.0. The zero-order valence-corrected chi connectivity index (χ0v) is 12.9. The average Bonchev–Trinajstić information content (AvgIpc) is 2.57. The smallest absolute Gasteiger partial charge is 0.325 e. The molecule has 5 heteroatoms. The molecule has 1 aliphatic heterocycles. The molecule has 1 heterocycles. The van der Waals surface area contributed by atoms with Gasteiger partial charge in [-0.15, -0.1) is 11.8 Å². The molecule has 2 nitrogen and oxygen atoms in total. The first kappa shape index (κ1) is 14.0. The molecular weight excluding hydrogens is 332 g/mol. The number of hydrogen-bond donors (Lipinski definition) is 0. The molecule has 2 rings (SSSR count). The summed E-state index contributed by atoms with van der Waals surface area (Å²) in [5, 5.41) is -0.0992. The van der Waals surface area contributed by atoms with Gasteiger partial charge in [0.1, 0.15) is 11.0 Å². The number of rotatable bonds is 2. The summed E-state index contributed by atoms with van der Waals surface area (Å²) >= 11 is 6.71. The van der Waals surface area contributed by atoms with Gasteiger partial charge in [0, 0.05) is 21.7 Å². The molecule has 1 atom stereocenters. The molecule has 0 saturated carbocycles. The lowest BCUT2D eigenvalue weighted by molar-refractivity contribution is -0.133. The minimum Gasteiger partial charge on any atom is -0.426 e. The van der Waals surface area contributed by atoms with Crippen LogP contribution >= 0.6 is 39.5 Å². The Labute approximate surface area is 124 Å². The molecule has 96 valence electrons. The number of hydrogen-bond acceptors (Lipinski definition) is 4. The minimum atomic E-state index is -0.162. The Hall–Kier alpha value is -0.390. The lowest BCUT2D eigenvalue weighted by Crippen LogP contribution is -2.25. The van der Waals surface area contributed by atoms with E-state index in [0.29, 0.717) is 5.75 Å². The summed E-state index contributed by atoms with van der Waals surface area (Å²) in [6, 6.07) is 7.30. The van der Waals surface area contributed by atoms with Crippen LogP contribution in [0.4, 0.5) is 0 Å². The number of ether oxygens (including phenoxy) is 1. The van der Waals surface area contributed by atoms with Crippen molar-refractivity contribution in [2.75, 3.05) is 17.3 Å². The Bertz CT molecular complexity index is 445. The van der Waals surface area contributed by atoms with Crippen LogP contribution in [0.1, 0.15) is 0 Å². The first-order valence-corrected chi connectivity index (χ1v) is 8.48. The summed E-state index contributed by atoms with van der Waals surface area (Å²) in [7, 11) is 0. The van der Waals surface area contributed by atoms with Crippen molar-refractivity contribution >= 4 is 45.4 Å². The molecule has 1 aromatic carbocycles. The molecule has 0 N–H and O–H groups in total. The topological polar surface area (TPSA) is 26.3 Å². The fourth-order valence-corrected chi connectivity index (χ4v) is 4.09. The summed E-state index contributed by atoms with van der Waals surface area (Å²) < 4.78 is 6.35. The highest BCUT2D eigenvalue weighted by Crippen LogP contribution is 2.27. The van der Waals surface area contributed by atoms with Gasteiger partial charge in [0.15, 0.2) is 0 Å². The summed E-state index contributed by atoms with van der Waals surface area (Å²) in [5.74, 6) is 3.00. The SMILES string of the molecule is C=C1CSCC(C(=O)Oc2ccc(Br)cc2)SC1. The second-order valence-electron chi connectivity index (χ2n) is 3.94. The van der Waals surface area contributed by atoms with Gasteiger partial charge in [-0.05, 0) is 24.3 Å². The summed E-state index contributed by atoms with van der Waals surface area (Å²) in [6.07, 6.45) is 0. The quantitative estimate of drug-likeness (QED) is 0.463. The summed E-state index contributed by atoms with van der Waals surface area (Å²) in [6.45, 7) is 3.96. The van der Waals surface area contributed by atoms with Gasteiger partial charge in [-0.2, -0.15) is 11.8 Å². The van der Waals surface area contributed by atoms with E-state index in [2.05, 4.69) is 22.5 Å². The zero-order chi connectivity index (χ0) is 13.0. The molecule has 0 spiro atoms. The fraction of sp³-hybridized carbons (Fsp3) is 0.308. The summed E-state index contributed by atoms with van der Waals surface area (Å²) in [5.41, 5.74) is 1.18. The van der Waals surface area contributed by atoms with Gasteiger partial charge in [0.2, 0.25) is 0 Å². The first-order valence-electron chi connectivity index (χ1n) is 5.48. The molecule has 0 amide bonds. The van der Waals surface area contributed by atoms with Gasteiger partial charge in [-0.3, -0.25) is 4.79 Å². The Kier molecular flexibility index (Phi) is 5.21. The van der Waals surface area contributed by atoms with Gasteiger partial charge in [0.05, 0.1) is 0 Å². The predicted molar refractivity (Wildman–Crippen MR) is 82.5 cm³/mol. The Morgan fingerprint density at radius 2 is 2.06 bits per heavy atom. The Morgan fingerprint density at radius 1 is 1.33 bits per heavy atom. The van der Waals surface area contributed by atoms with Crippen molar-refractivity contribution in [3.8, 4) is 5.75 Å². The number of esters is 1. The Morgan fingerprint density at radius 3 is 2.78 bits per heavy atom. The van der Waals surface area contributed by atoms with Crippen molar-refractivity contribution < 1.29 is 9.53 Å². The Balaban J connectivity index is 1.94. The van der Waals surface area contributed by atoms with E-state index in [0.717, 1.165) is 21.7 Å². The minimum absolute atomic E-state index is 0.0992. The van der Waals surface area contributed by atoms with Crippen molar-refractivity contribution in [3.05, 3.63) is 40.9 Å². The van der Waals surface area contributed by atoms with E-state index in [4.69, 9.17) is 4.74 Å².